The Morgan fingerprint density at radius 3 is 2.76 bits per heavy atom. The van der Waals surface area contributed by atoms with Gasteiger partial charge in [0.05, 0.1) is 0 Å². The Kier molecular flexibility index (Phi) is 5.64. The van der Waals surface area contributed by atoms with Crippen molar-refractivity contribution in [1.82, 2.24) is 5.32 Å². The van der Waals surface area contributed by atoms with Gasteiger partial charge in [0.25, 0.3) is 0 Å². The van der Waals surface area contributed by atoms with Crippen molar-refractivity contribution >= 4 is 17.6 Å². The third kappa shape index (κ3) is 6.89. The zero-order valence-corrected chi connectivity index (χ0v) is 10.6. The second-order valence-corrected chi connectivity index (χ2v) is 3.83. The van der Waals surface area contributed by atoms with Crippen molar-refractivity contribution in [2.24, 2.45) is 10.9 Å². The molecule has 0 heterocycles. The van der Waals surface area contributed by atoms with Crippen LogP contribution in [-0.4, -0.2) is 36.4 Å². The van der Waals surface area contributed by atoms with E-state index < -0.39 is 18.8 Å². The van der Waals surface area contributed by atoms with Crippen LogP contribution in [0.5, 0.6) is 5.75 Å². The number of anilines is 1. The number of alkyl halides is 3. The van der Waals surface area contributed by atoms with Gasteiger partial charge >= 0.3 is 12.2 Å². The van der Waals surface area contributed by atoms with E-state index in [4.69, 9.17) is 15.7 Å². The van der Waals surface area contributed by atoms with Crippen LogP contribution < -0.4 is 21.1 Å². The smallest absolute Gasteiger partial charge is 0.405 e. The van der Waals surface area contributed by atoms with Crippen molar-refractivity contribution < 1.29 is 27.9 Å². The second kappa shape index (κ2) is 7.22. The number of hydrogen-bond donors (Lipinski definition) is 4. The number of benzene rings is 1. The van der Waals surface area contributed by atoms with Gasteiger partial charge in [0.1, 0.15) is 18.9 Å². The van der Waals surface area contributed by atoms with Crippen molar-refractivity contribution in [2.75, 3.05) is 18.5 Å². The summed E-state index contributed by atoms with van der Waals surface area (Å²) >= 11 is 0. The molecule has 1 rings (SSSR count). The van der Waals surface area contributed by atoms with E-state index in [-0.39, 0.29) is 23.9 Å². The van der Waals surface area contributed by atoms with Gasteiger partial charge in [-0.05, 0) is 12.1 Å². The van der Waals surface area contributed by atoms with E-state index in [1.807, 2.05) is 0 Å². The third-order valence-corrected chi connectivity index (χ3v) is 2.06. The summed E-state index contributed by atoms with van der Waals surface area (Å²) in [6.07, 6.45) is -4.48. The number of oxime groups is 1. The molecule has 7 nitrogen and oxygen atoms in total. The minimum Gasteiger partial charge on any atom is -0.485 e. The number of amidine groups is 1. The summed E-state index contributed by atoms with van der Waals surface area (Å²) in [5, 5.41) is 14.9. The van der Waals surface area contributed by atoms with E-state index >= 15 is 0 Å². The van der Waals surface area contributed by atoms with Crippen LogP contribution in [0.2, 0.25) is 0 Å². The fourth-order valence-electron chi connectivity index (χ4n) is 1.21. The molecular formula is C11H13F3N4O3. The molecule has 5 N–H and O–H groups in total. The minimum absolute atomic E-state index is 0.156. The lowest BCUT2D eigenvalue weighted by Gasteiger charge is -2.11. The number of ether oxygens (including phenoxy) is 1. The van der Waals surface area contributed by atoms with Crippen LogP contribution in [0.3, 0.4) is 0 Å². The number of carbonyl (C=O) groups excluding carboxylic acids is 1. The number of urea groups is 1. The maximum absolute atomic E-state index is 11.9. The highest BCUT2D eigenvalue weighted by Crippen LogP contribution is 2.17. The Morgan fingerprint density at radius 1 is 1.43 bits per heavy atom. The molecule has 0 atom stereocenters. The van der Waals surface area contributed by atoms with E-state index in [1.165, 1.54) is 24.3 Å². The van der Waals surface area contributed by atoms with Crippen molar-refractivity contribution in [3.63, 3.8) is 0 Å². The predicted octanol–water partition coefficient (Wildman–Crippen LogP) is 1.50. The number of nitrogens with one attached hydrogen (secondary N) is 2. The van der Waals surface area contributed by atoms with E-state index in [9.17, 15) is 18.0 Å². The van der Waals surface area contributed by atoms with Gasteiger partial charge in [-0.2, -0.15) is 13.2 Å². The molecule has 2 amide bonds. The van der Waals surface area contributed by atoms with Gasteiger partial charge in [0.15, 0.2) is 5.84 Å². The van der Waals surface area contributed by atoms with Crippen LogP contribution in [0, 0.1) is 0 Å². The largest absolute Gasteiger partial charge is 0.485 e. The number of rotatable bonds is 5. The van der Waals surface area contributed by atoms with Gasteiger partial charge in [-0.1, -0.05) is 11.2 Å². The number of halogens is 3. The number of carbonyl (C=O) groups is 1. The monoisotopic (exact) mass is 306 g/mol. The normalized spacial score (nSPS) is 11.9. The number of amides is 2. The molecule has 0 aliphatic heterocycles. The molecule has 0 aromatic heterocycles. The molecule has 0 radical (unpaired) electrons. The van der Waals surface area contributed by atoms with Crippen LogP contribution in [0.4, 0.5) is 23.7 Å². The Labute approximate surface area is 117 Å². The van der Waals surface area contributed by atoms with Gasteiger partial charge < -0.3 is 26.3 Å². The van der Waals surface area contributed by atoms with Crippen molar-refractivity contribution in [3.05, 3.63) is 24.3 Å². The Bertz CT molecular complexity index is 520. The molecule has 21 heavy (non-hydrogen) atoms. The van der Waals surface area contributed by atoms with E-state index in [0.29, 0.717) is 0 Å². The molecule has 1 aromatic rings. The summed E-state index contributed by atoms with van der Waals surface area (Å²) in [5.74, 6) is 0.131. The quantitative estimate of drug-likeness (QED) is 0.286. The van der Waals surface area contributed by atoms with Crippen LogP contribution in [-0.2, 0) is 0 Å². The van der Waals surface area contributed by atoms with E-state index in [1.54, 1.807) is 5.32 Å². The lowest BCUT2D eigenvalue weighted by atomic mass is 10.3. The topological polar surface area (TPSA) is 109 Å². The number of nitrogens with zero attached hydrogens (tertiary/aromatic N) is 1. The summed E-state index contributed by atoms with van der Waals surface area (Å²) < 4.78 is 40.9. The first-order valence-electron chi connectivity index (χ1n) is 5.61. The standard InChI is InChI=1S/C11H13F3N4O3/c12-11(13,14)6-16-10(19)17-7-2-1-3-8(4-7)21-5-9(15)18-20/h1-4,20H,5-6H2,(H2,15,18)(H2,16,17,19). The maximum Gasteiger partial charge on any atom is 0.405 e. The van der Waals surface area contributed by atoms with E-state index in [0.717, 1.165) is 0 Å². The highest BCUT2D eigenvalue weighted by molar-refractivity contribution is 5.89. The van der Waals surface area contributed by atoms with Crippen molar-refractivity contribution in [2.45, 2.75) is 6.18 Å². The molecule has 1 aromatic carbocycles. The molecule has 0 bridgehead atoms. The van der Waals surface area contributed by atoms with Crippen LogP contribution in [0.25, 0.3) is 0 Å². The minimum atomic E-state index is -4.48. The lowest BCUT2D eigenvalue weighted by molar-refractivity contribution is -0.122. The predicted molar refractivity (Wildman–Crippen MR) is 68.4 cm³/mol. The number of hydrogen-bond acceptors (Lipinski definition) is 4. The average molecular weight is 306 g/mol. The van der Waals surface area contributed by atoms with Crippen molar-refractivity contribution in [3.8, 4) is 5.75 Å². The summed E-state index contributed by atoms with van der Waals surface area (Å²) in [4.78, 5) is 11.2. The Balaban J connectivity index is 2.54. The van der Waals surface area contributed by atoms with Crippen molar-refractivity contribution in [1.29, 1.82) is 0 Å². The molecule has 116 valence electrons. The molecule has 0 saturated heterocycles. The third-order valence-electron chi connectivity index (χ3n) is 2.06. The fraction of sp³-hybridized carbons (Fsp3) is 0.273. The lowest BCUT2D eigenvalue weighted by Crippen LogP contribution is -2.36. The van der Waals surface area contributed by atoms with Crippen LogP contribution in [0.1, 0.15) is 0 Å². The summed E-state index contributed by atoms with van der Waals surface area (Å²) in [5.41, 5.74) is 5.44. The zero-order valence-electron chi connectivity index (χ0n) is 10.6. The molecule has 0 spiro atoms. The Morgan fingerprint density at radius 2 is 2.14 bits per heavy atom. The fourth-order valence-corrected chi connectivity index (χ4v) is 1.21. The molecule has 0 aliphatic carbocycles. The summed E-state index contributed by atoms with van der Waals surface area (Å²) in [6, 6.07) is 4.88. The molecular weight excluding hydrogens is 293 g/mol. The Hall–Kier alpha value is -2.65. The molecule has 0 fully saturated rings. The van der Waals surface area contributed by atoms with Gasteiger partial charge in [0.2, 0.25) is 0 Å². The van der Waals surface area contributed by atoms with Gasteiger partial charge in [0, 0.05) is 11.8 Å². The summed E-state index contributed by atoms with van der Waals surface area (Å²) in [7, 11) is 0. The van der Waals surface area contributed by atoms with Crippen LogP contribution >= 0.6 is 0 Å². The van der Waals surface area contributed by atoms with Gasteiger partial charge in [-0.15, -0.1) is 0 Å². The highest BCUT2D eigenvalue weighted by atomic mass is 19.4. The zero-order chi connectivity index (χ0) is 15.9. The first-order valence-corrected chi connectivity index (χ1v) is 5.61. The highest BCUT2D eigenvalue weighted by Gasteiger charge is 2.27. The molecule has 0 saturated carbocycles. The molecule has 0 aliphatic rings. The SMILES string of the molecule is N/C(COc1cccc(NC(=O)NCC(F)(F)F)c1)=N/O. The number of nitrogens with two attached hydrogens (primary N) is 1. The summed E-state index contributed by atoms with van der Waals surface area (Å²) in [6.45, 7) is -1.61. The first-order chi connectivity index (χ1) is 9.80. The second-order valence-electron chi connectivity index (χ2n) is 3.83. The maximum atomic E-state index is 11.9. The van der Waals surface area contributed by atoms with Gasteiger partial charge in [-0.3, -0.25) is 0 Å². The molecule has 10 heteroatoms. The van der Waals surface area contributed by atoms with Gasteiger partial charge in [-0.25, -0.2) is 4.79 Å². The molecule has 0 unspecified atom stereocenters. The average Bonchev–Trinajstić information content (AvgIpc) is 2.42. The van der Waals surface area contributed by atoms with Crippen LogP contribution in [0.15, 0.2) is 29.4 Å². The first kappa shape index (κ1) is 16.4. The van der Waals surface area contributed by atoms with E-state index in [2.05, 4.69) is 10.5 Å².